The van der Waals surface area contributed by atoms with E-state index in [4.69, 9.17) is 0 Å². The summed E-state index contributed by atoms with van der Waals surface area (Å²) < 4.78 is 136. The molecule has 0 aliphatic heterocycles. The van der Waals surface area contributed by atoms with Crippen molar-refractivity contribution in [2.24, 2.45) is 0 Å². The predicted molar refractivity (Wildman–Crippen MR) is 76.0 cm³/mol. The van der Waals surface area contributed by atoms with Crippen molar-refractivity contribution in [1.29, 1.82) is 0 Å². The largest absolute Gasteiger partial charge is 0.677 e. The average molecular weight is 417 g/mol. The van der Waals surface area contributed by atoms with Crippen molar-refractivity contribution in [3.63, 3.8) is 0 Å². The Morgan fingerprint density at radius 2 is 0.926 bits per heavy atom. The standard InChI is InChI=1S/C16H8F9.Al.FH/c1-3-4(2)5-6(9(18)13(22)12(21)8(5)17)7-10(19)14(23)16(25)15(24)11(7)20;;/h3H2,1-2H3;;1H/p-1. The van der Waals surface area contributed by atoms with Crippen LogP contribution in [0, 0.1) is 52.4 Å². The molecule has 0 saturated heterocycles. The summed E-state index contributed by atoms with van der Waals surface area (Å²) in [5.74, 6) is -22.3. The van der Waals surface area contributed by atoms with Crippen molar-refractivity contribution in [3.05, 3.63) is 57.9 Å². The highest BCUT2D eigenvalue weighted by molar-refractivity contribution is 6.32. The summed E-state index contributed by atoms with van der Waals surface area (Å²) in [6.07, 6.45) is -0.372. The van der Waals surface area contributed by atoms with Gasteiger partial charge in [0.15, 0.2) is 46.5 Å². The average Bonchev–Trinajstić information content (AvgIpc) is 2.66. The van der Waals surface area contributed by atoms with Crippen molar-refractivity contribution in [2.75, 3.05) is 0 Å². The summed E-state index contributed by atoms with van der Waals surface area (Å²) in [6, 6.07) is 0. The summed E-state index contributed by atoms with van der Waals surface area (Å²) in [6.45, 7) is 2.15. The van der Waals surface area contributed by atoms with Crippen molar-refractivity contribution < 1.29 is 43.0 Å². The van der Waals surface area contributed by atoms with Crippen LogP contribution >= 0.6 is 0 Å². The van der Waals surface area contributed by atoms with Gasteiger partial charge in [-0.2, -0.15) is 4.28 Å². The Labute approximate surface area is 153 Å². The van der Waals surface area contributed by atoms with Crippen LogP contribution in [0.3, 0.4) is 0 Å². The maximum absolute atomic E-state index is 14.4. The number of hydrogen-bond acceptors (Lipinski definition) is 0. The minimum absolute atomic E-state index is 0.372. The van der Waals surface area contributed by atoms with Gasteiger partial charge in [0.2, 0.25) is 5.82 Å². The summed E-state index contributed by atoms with van der Waals surface area (Å²) in [5, 5.41) is 0. The van der Waals surface area contributed by atoms with E-state index in [1.54, 1.807) is 0 Å². The van der Waals surface area contributed by atoms with E-state index in [1.807, 2.05) is 0 Å². The molecule has 0 amide bonds. The molecule has 0 saturated carbocycles. The van der Waals surface area contributed by atoms with Gasteiger partial charge < -0.3 is 3.52 Å². The quantitative estimate of drug-likeness (QED) is 0.255. The lowest BCUT2D eigenvalue weighted by atomic mass is 9.87. The summed E-state index contributed by atoms with van der Waals surface area (Å²) in [7, 11) is 0. The van der Waals surface area contributed by atoms with Crippen LogP contribution in [0.2, 0.25) is 0 Å². The van der Waals surface area contributed by atoms with Crippen molar-refractivity contribution in [2.45, 2.75) is 24.5 Å². The highest BCUT2D eigenvalue weighted by Gasteiger charge is 2.36. The lowest BCUT2D eigenvalue weighted by Gasteiger charge is -2.38. The molecule has 0 heterocycles. The molecule has 1 atom stereocenters. The van der Waals surface area contributed by atoms with E-state index in [2.05, 4.69) is 0 Å². The lowest BCUT2D eigenvalue weighted by Crippen LogP contribution is -2.30. The normalized spacial score (nSPS) is 13.8. The van der Waals surface area contributed by atoms with E-state index >= 15 is 0 Å². The first-order valence-electron chi connectivity index (χ1n) is 7.27. The van der Waals surface area contributed by atoms with E-state index in [9.17, 15) is 43.0 Å². The molecule has 0 aliphatic rings. The molecule has 1 unspecified atom stereocenters. The summed E-state index contributed by atoms with van der Waals surface area (Å²) in [4.78, 5) is 0. The van der Waals surface area contributed by atoms with Crippen molar-refractivity contribution >= 4 is 15.7 Å². The Balaban J connectivity index is 3.17. The van der Waals surface area contributed by atoms with Gasteiger partial charge in [-0.15, -0.1) is 0 Å². The second-order valence-corrected chi connectivity index (χ2v) is 7.32. The van der Waals surface area contributed by atoms with Crippen LogP contribution in [-0.2, 0) is 4.28 Å². The molecule has 0 bridgehead atoms. The van der Waals surface area contributed by atoms with Gasteiger partial charge in [-0.3, -0.25) is 0 Å². The molecule has 2 rings (SSSR count). The van der Waals surface area contributed by atoms with Crippen molar-refractivity contribution in [3.8, 4) is 11.1 Å². The summed E-state index contributed by atoms with van der Waals surface area (Å²) >= 11 is -2.36. The van der Waals surface area contributed by atoms with E-state index in [0.29, 0.717) is 0 Å². The first kappa shape index (κ1) is 21.6. The van der Waals surface area contributed by atoms with Gasteiger partial charge in [0, 0.05) is 21.2 Å². The zero-order chi connectivity index (χ0) is 20.8. The molecule has 0 nitrogen and oxygen atoms in total. The number of benzene rings is 2. The van der Waals surface area contributed by atoms with Crippen LogP contribution in [0.4, 0.5) is 43.0 Å². The Morgan fingerprint density at radius 1 is 0.593 bits per heavy atom. The maximum atomic E-state index is 14.4. The number of halogens is 10. The molecular formula is C16H8AlF10-. The van der Waals surface area contributed by atoms with E-state index in [0.717, 1.165) is 6.92 Å². The fraction of sp³-hybridized carbons (Fsp3) is 0.250. The molecule has 2 radical (unpaired) electrons. The van der Waals surface area contributed by atoms with Crippen LogP contribution in [-0.4, -0.2) is 15.7 Å². The highest BCUT2D eigenvalue weighted by Crippen LogP contribution is 2.43. The van der Waals surface area contributed by atoms with Gasteiger partial charge in [-0.25, -0.2) is 39.5 Å². The third-order valence-corrected chi connectivity index (χ3v) is 5.45. The maximum Gasteiger partial charge on any atom is 0.200 e. The Hall–Kier alpha value is -1.73. The first-order chi connectivity index (χ1) is 12.4. The van der Waals surface area contributed by atoms with Gasteiger partial charge in [0.25, 0.3) is 0 Å². The SMILES string of the molecule is CC[C](C)([Al-][F])c1c(F)c(F)c(F)c(F)c1-c1c(F)c(F)c(F)c(F)c1F. The first-order valence-corrected chi connectivity index (χ1v) is 8.28. The number of hydrogen-bond donors (Lipinski definition) is 0. The molecule has 11 heteroatoms. The molecule has 2 aromatic carbocycles. The monoisotopic (exact) mass is 417 g/mol. The van der Waals surface area contributed by atoms with E-state index < -0.39 is 89.0 Å². The van der Waals surface area contributed by atoms with Crippen LogP contribution in [0.25, 0.3) is 11.1 Å². The zero-order valence-corrected chi connectivity index (χ0v) is 14.7. The molecule has 0 aliphatic carbocycles. The van der Waals surface area contributed by atoms with Crippen LogP contribution in [0.5, 0.6) is 0 Å². The zero-order valence-electron chi connectivity index (χ0n) is 13.6. The molecular weight excluding hydrogens is 409 g/mol. The molecule has 146 valence electrons. The molecule has 0 spiro atoms. The minimum atomic E-state index is -2.59. The molecule has 2 aromatic rings. The van der Waals surface area contributed by atoms with Crippen LogP contribution in [0.15, 0.2) is 0 Å². The summed E-state index contributed by atoms with van der Waals surface area (Å²) in [5.41, 5.74) is -5.11. The Kier molecular flexibility index (Phi) is 5.88. The smallest absolute Gasteiger partial charge is 0.200 e. The van der Waals surface area contributed by atoms with Crippen LogP contribution in [0.1, 0.15) is 25.8 Å². The van der Waals surface area contributed by atoms with E-state index in [-0.39, 0.29) is 6.42 Å². The topological polar surface area (TPSA) is 0 Å². The second kappa shape index (κ2) is 7.36. The molecule has 0 N–H and O–H groups in total. The van der Waals surface area contributed by atoms with Gasteiger partial charge in [0.1, 0.15) is 0 Å². The molecule has 0 aromatic heterocycles. The van der Waals surface area contributed by atoms with Gasteiger partial charge >= 0.3 is 0 Å². The fourth-order valence-electron chi connectivity index (χ4n) is 2.54. The van der Waals surface area contributed by atoms with Gasteiger partial charge in [-0.1, -0.05) is 20.3 Å². The van der Waals surface area contributed by atoms with E-state index in [1.165, 1.54) is 6.92 Å². The van der Waals surface area contributed by atoms with Crippen LogP contribution < -0.4 is 0 Å². The lowest BCUT2D eigenvalue weighted by molar-refractivity contribution is 0.377. The fourth-order valence-corrected chi connectivity index (χ4v) is 3.07. The Morgan fingerprint density at radius 3 is 1.30 bits per heavy atom. The third kappa shape index (κ3) is 3.10. The number of rotatable bonds is 4. The van der Waals surface area contributed by atoms with Crippen molar-refractivity contribution in [1.82, 2.24) is 0 Å². The predicted octanol–water partition coefficient (Wildman–Crippen LogP) is 5.82. The molecule has 0 fully saturated rings. The third-order valence-electron chi connectivity index (χ3n) is 4.27. The Bertz CT molecular complexity index is 892. The van der Waals surface area contributed by atoms with Gasteiger partial charge in [0.05, 0.1) is 5.56 Å². The minimum Gasteiger partial charge on any atom is -0.677 e. The van der Waals surface area contributed by atoms with Gasteiger partial charge in [-0.05, 0) is 5.56 Å². The molecule has 27 heavy (non-hydrogen) atoms. The highest BCUT2D eigenvalue weighted by atomic mass is 27.2. The second-order valence-electron chi connectivity index (χ2n) is 5.83.